The molecule has 3 atom stereocenters. The van der Waals surface area contributed by atoms with Crippen LogP contribution in [0.15, 0.2) is 59.1 Å². The third kappa shape index (κ3) is 5.03. The number of nitrogens with one attached hydrogen (secondary N) is 1. The van der Waals surface area contributed by atoms with Crippen molar-refractivity contribution in [3.63, 3.8) is 0 Å². The molecule has 0 saturated carbocycles. The number of benzene rings is 3. The summed E-state index contributed by atoms with van der Waals surface area (Å²) in [5.74, 6) is 0.417. The van der Waals surface area contributed by atoms with E-state index in [1.54, 1.807) is 12.1 Å². The number of anilines is 1. The van der Waals surface area contributed by atoms with Crippen molar-refractivity contribution in [3.05, 3.63) is 96.4 Å². The number of methoxy groups -OCH3 is 1. The quantitative estimate of drug-likeness (QED) is 0.284. The van der Waals surface area contributed by atoms with E-state index in [0.29, 0.717) is 38.1 Å². The molecule has 37 heavy (non-hydrogen) atoms. The van der Waals surface area contributed by atoms with Gasteiger partial charge in [-0.2, -0.15) is 13.2 Å². The highest BCUT2D eigenvalue weighted by Gasteiger charge is 2.45. The summed E-state index contributed by atoms with van der Waals surface area (Å²) in [4.78, 5) is 0. The summed E-state index contributed by atoms with van der Waals surface area (Å²) in [5.41, 5.74) is 1.51. The molecule has 0 aromatic heterocycles. The molecule has 1 N–H and O–H groups in total. The molecule has 0 bridgehead atoms. The first kappa shape index (κ1) is 26.5. The molecule has 194 valence electrons. The summed E-state index contributed by atoms with van der Waals surface area (Å²) in [7, 11) is 1.54. The Morgan fingerprint density at radius 3 is 2.49 bits per heavy atom. The Labute approximate surface area is 235 Å². The van der Waals surface area contributed by atoms with E-state index < -0.39 is 17.7 Å². The molecule has 3 aromatic carbocycles. The second-order valence-electron chi connectivity index (χ2n) is 8.93. The molecule has 2 aliphatic rings. The van der Waals surface area contributed by atoms with Crippen LogP contribution in [0.3, 0.4) is 0 Å². The van der Waals surface area contributed by atoms with E-state index in [4.69, 9.17) is 44.3 Å². The fourth-order valence-electron chi connectivity index (χ4n) is 5.10. The number of hydrogen-bond donors (Lipinski definition) is 1. The third-order valence-electron chi connectivity index (χ3n) is 6.75. The summed E-state index contributed by atoms with van der Waals surface area (Å²) in [5, 5.41) is 4.45. The summed E-state index contributed by atoms with van der Waals surface area (Å²) >= 11 is 22.1. The van der Waals surface area contributed by atoms with Crippen molar-refractivity contribution in [3.8, 4) is 11.5 Å². The SMILES string of the molecule is COc1cc([C@@H]2Nc3c(Cl)ccc(C(F)(F)F)c3[C@H]3C=CC[C@H]32)cc(Br)c1OCc1ccc(Cl)c(Cl)c1. The lowest BCUT2D eigenvalue weighted by atomic mass is 9.75. The van der Waals surface area contributed by atoms with E-state index in [0.717, 1.165) is 17.2 Å². The summed E-state index contributed by atoms with van der Waals surface area (Å²) < 4.78 is 53.9. The maximum absolute atomic E-state index is 13.9. The summed E-state index contributed by atoms with van der Waals surface area (Å²) in [6.07, 6.45) is -0.0735. The Balaban J connectivity index is 1.49. The molecule has 3 aromatic rings. The predicted octanol–water partition coefficient (Wildman–Crippen LogP) is 9.84. The maximum atomic E-state index is 13.9. The van der Waals surface area contributed by atoms with Crippen LogP contribution in [0.1, 0.15) is 40.6 Å². The number of allylic oxidation sites excluding steroid dienone is 2. The molecule has 0 amide bonds. The van der Waals surface area contributed by atoms with Crippen molar-refractivity contribution < 1.29 is 22.6 Å². The van der Waals surface area contributed by atoms with Gasteiger partial charge < -0.3 is 14.8 Å². The van der Waals surface area contributed by atoms with Crippen LogP contribution in [0, 0.1) is 5.92 Å². The number of halogens is 7. The van der Waals surface area contributed by atoms with Gasteiger partial charge in [-0.3, -0.25) is 0 Å². The fraction of sp³-hybridized carbons (Fsp3) is 0.259. The average molecular weight is 634 g/mol. The van der Waals surface area contributed by atoms with Gasteiger partial charge in [-0.25, -0.2) is 0 Å². The largest absolute Gasteiger partial charge is 0.493 e. The van der Waals surface area contributed by atoms with Gasteiger partial charge in [0.15, 0.2) is 11.5 Å². The van der Waals surface area contributed by atoms with E-state index in [-0.39, 0.29) is 29.2 Å². The van der Waals surface area contributed by atoms with E-state index in [1.807, 2.05) is 30.4 Å². The molecule has 0 radical (unpaired) electrons. The molecule has 1 heterocycles. The Hall–Kier alpha value is -2.06. The third-order valence-corrected chi connectivity index (χ3v) is 8.40. The molecule has 0 saturated heterocycles. The van der Waals surface area contributed by atoms with Gasteiger partial charge in [0, 0.05) is 5.92 Å². The van der Waals surface area contributed by atoms with E-state index in [9.17, 15) is 13.2 Å². The molecule has 5 rings (SSSR count). The first-order chi connectivity index (χ1) is 17.6. The molecular weight excluding hydrogens is 614 g/mol. The standard InChI is InChI=1S/C27H20BrCl3F3NO2/c1-36-22-11-14(10-18(28)26(22)37-12-13-5-7-19(29)21(31)9-13)24-16-4-2-3-15(16)23-17(27(32,33)34)6-8-20(30)25(23)35-24/h2-3,5-11,15-16,24,35H,4,12H2,1H3/t15-,16+,24-/m0/s1. The lowest BCUT2D eigenvalue weighted by Gasteiger charge is -2.39. The average Bonchev–Trinajstić information content (AvgIpc) is 3.34. The molecular formula is C27H20BrCl3F3NO2. The molecule has 10 heteroatoms. The van der Waals surface area contributed by atoms with Gasteiger partial charge in [0.05, 0.1) is 43.9 Å². The van der Waals surface area contributed by atoms with Crippen LogP contribution in [-0.2, 0) is 12.8 Å². The zero-order chi connectivity index (χ0) is 26.5. The molecule has 1 aliphatic heterocycles. The number of hydrogen-bond acceptors (Lipinski definition) is 3. The van der Waals surface area contributed by atoms with Gasteiger partial charge in [0.25, 0.3) is 0 Å². The zero-order valence-corrected chi connectivity index (χ0v) is 23.2. The predicted molar refractivity (Wildman–Crippen MR) is 144 cm³/mol. The van der Waals surface area contributed by atoms with E-state index in [2.05, 4.69) is 21.2 Å². The van der Waals surface area contributed by atoms with Crippen LogP contribution in [-0.4, -0.2) is 7.11 Å². The van der Waals surface area contributed by atoms with Crippen LogP contribution < -0.4 is 14.8 Å². The monoisotopic (exact) mass is 631 g/mol. The second kappa shape index (κ2) is 10.3. The number of fused-ring (bicyclic) bond motifs is 3. The molecule has 3 nitrogen and oxygen atoms in total. The van der Waals surface area contributed by atoms with Crippen molar-refractivity contribution in [1.82, 2.24) is 0 Å². The first-order valence-electron chi connectivity index (χ1n) is 11.4. The van der Waals surface area contributed by atoms with Crippen molar-refractivity contribution in [1.29, 1.82) is 0 Å². The second-order valence-corrected chi connectivity index (χ2v) is 11.0. The van der Waals surface area contributed by atoms with Gasteiger partial charge in [-0.1, -0.05) is 53.0 Å². The minimum absolute atomic E-state index is 0.133. The minimum Gasteiger partial charge on any atom is -0.493 e. The highest BCUT2D eigenvalue weighted by molar-refractivity contribution is 9.10. The van der Waals surface area contributed by atoms with Crippen LogP contribution in [0.2, 0.25) is 15.1 Å². The van der Waals surface area contributed by atoms with Crippen molar-refractivity contribution in [2.24, 2.45) is 5.92 Å². The Bertz CT molecular complexity index is 1400. The van der Waals surface area contributed by atoms with Gasteiger partial charge in [0.1, 0.15) is 6.61 Å². The van der Waals surface area contributed by atoms with Crippen molar-refractivity contribution in [2.75, 3.05) is 12.4 Å². The lowest BCUT2D eigenvalue weighted by Crippen LogP contribution is -2.31. The first-order valence-corrected chi connectivity index (χ1v) is 13.3. The van der Waals surface area contributed by atoms with Crippen LogP contribution >= 0.6 is 50.7 Å². The highest BCUT2D eigenvalue weighted by atomic mass is 79.9. The number of alkyl halides is 3. The van der Waals surface area contributed by atoms with Crippen LogP contribution in [0.4, 0.5) is 18.9 Å². The lowest BCUT2D eigenvalue weighted by molar-refractivity contribution is -0.138. The maximum Gasteiger partial charge on any atom is 0.416 e. The zero-order valence-electron chi connectivity index (χ0n) is 19.3. The van der Waals surface area contributed by atoms with Gasteiger partial charge in [-0.05, 0) is 81.4 Å². The summed E-state index contributed by atoms with van der Waals surface area (Å²) in [6.45, 7) is 0.227. The summed E-state index contributed by atoms with van der Waals surface area (Å²) in [6, 6.07) is 11.0. The van der Waals surface area contributed by atoms with Gasteiger partial charge in [0.2, 0.25) is 0 Å². The Kier molecular flexibility index (Phi) is 7.35. The van der Waals surface area contributed by atoms with E-state index in [1.165, 1.54) is 13.2 Å². The molecule has 0 unspecified atom stereocenters. The van der Waals surface area contributed by atoms with Crippen molar-refractivity contribution >= 4 is 56.4 Å². The van der Waals surface area contributed by atoms with Crippen LogP contribution in [0.25, 0.3) is 0 Å². The fourth-order valence-corrected chi connectivity index (χ4v) is 6.21. The number of rotatable bonds is 5. The van der Waals surface area contributed by atoms with Gasteiger partial charge >= 0.3 is 6.18 Å². The minimum atomic E-state index is -4.48. The van der Waals surface area contributed by atoms with Gasteiger partial charge in [-0.15, -0.1) is 0 Å². The smallest absolute Gasteiger partial charge is 0.416 e. The topological polar surface area (TPSA) is 30.5 Å². The van der Waals surface area contributed by atoms with E-state index >= 15 is 0 Å². The molecule has 0 spiro atoms. The molecule has 0 fully saturated rings. The Morgan fingerprint density at radius 2 is 1.78 bits per heavy atom. The van der Waals surface area contributed by atoms with Crippen molar-refractivity contribution in [2.45, 2.75) is 31.2 Å². The number of ether oxygens (including phenoxy) is 2. The van der Waals surface area contributed by atoms with Crippen LogP contribution in [0.5, 0.6) is 11.5 Å². The Morgan fingerprint density at radius 1 is 1.03 bits per heavy atom. The normalized spacial score (nSPS) is 20.3. The molecule has 1 aliphatic carbocycles. The highest BCUT2D eigenvalue weighted by Crippen LogP contribution is 2.55.